The van der Waals surface area contributed by atoms with Gasteiger partial charge in [-0.1, -0.05) is 0 Å². The third-order valence-corrected chi connectivity index (χ3v) is 1.35. The number of likely N-dealkylation sites (N-methyl/N-ethyl adjacent to an activating group) is 1. The van der Waals surface area contributed by atoms with Gasteiger partial charge in [0.05, 0.1) is 27.6 Å². The first-order valence-electron chi connectivity index (χ1n) is 3.87. The summed E-state index contributed by atoms with van der Waals surface area (Å²) in [4.78, 5) is 10.3. The average Bonchev–Trinajstić information content (AvgIpc) is 1.48. The molecular weight excluding hydrogens is 158 g/mol. The van der Waals surface area contributed by atoms with Gasteiger partial charge in [-0.25, -0.2) is 0 Å². The quantitative estimate of drug-likeness (QED) is 0.589. The fraction of sp³-hybridized carbons (Fsp3) is 0.875. The second-order valence-electron chi connectivity index (χ2n) is 4.52. The maximum atomic E-state index is 10.3. The number of carboxylic acid groups (broad SMARTS) is 1. The molecule has 0 spiro atoms. The van der Waals surface area contributed by atoms with Crippen molar-refractivity contribution < 1.29 is 19.5 Å². The fourth-order valence-electron chi connectivity index (χ4n) is 1.40. The number of nitrogens with zero attached hydrogens (tertiary/aromatic N) is 1. The molecule has 0 saturated carbocycles. The number of carbonyl (C=O) groups is 1. The number of hydrogen-bond donors (Lipinski definition) is 2. The Balaban J connectivity index is 4.13. The van der Waals surface area contributed by atoms with Crippen LogP contribution in [0.2, 0.25) is 0 Å². The Kier molecular flexibility index (Phi) is 3.24. The van der Waals surface area contributed by atoms with E-state index >= 15 is 0 Å². The van der Waals surface area contributed by atoms with Gasteiger partial charge in [0, 0.05) is 0 Å². The number of quaternary nitrogens is 1. The van der Waals surface area contributed by atoms with E-state index in [9.17, 15) is 9.90 Å². The second kappa shape index (κ2) is 3.41. The molecule has 12 heavy (non-hydrogen) atoms. The molecule has 0 rings (SSSR count). The van der Waals surface area contributed by atoms with Gasteiger partial charge in [0.1, 0.15) is 12.1 Å². The zero-order valence-electron chi connectivity index (χ0n) is 8.16. The van der Waals surface area contributed by atoms with E-state index in [-0.39, 0.29) is 6.42 Å². The van der Waals surface area contributed by atoms with Crippen molar-refractivity contribution in [3.8, 4) is 0 Å². The lowest BCUT2D eigenvalue weighted by molar-refractivity contribution is -0.876. The number of aliphatic carboxylic acids is 1. The molecule has 0 aliphatic rings. The summed E-state index contributed by atoms with van der Waals surface area (Å²) in [5.74, 6) is -0.964. The maximum Gasteiger partial charge on any atom is 0.306 e. The lowest BCUT2D eigenvalue weighted by Crippen LogP contribution is -2.48. The van der Waals surface area contributed by atoms with Crippen LogP contribution in [0.3, 0.4) is 0 Å². The van der Waals surface area contributed by atoms with Crippen molar-refractivity contribution in [2.24, 2.45) is 0 Å². The molecule has 0 radical (unpaired) electrons. The van der Waals surface area contributed by atoms with Gasteiger partial charge in [-0.2, -0.15) is 0 Å². The predicted octanol–water partition coefficient (Wildman–Crippen LogP) is -0.0817. The van der Waals surface area contributed by atoms with E-state index in [0.717, 1.165) is 0 Å². The van der Waals surface area contributed by atoms with Crippen LogP contribution in [0.5, 0.6) is 0 Å². The molecule has 0 aromatic rings. The summed E-state index contributed by atoms with van der Waals surface area (Å²) in [6, 6.07) is 0. The van der Waals surface area contributed by atoms with Gasteiger partial charge in [0.2, 0.25) is 0 Å². The predicted molar refractivity (Wildman–Crippen MR) is 45.8 cm³/mol. The molecule has 1 unspecified atom stereocenters. The summed E-state index contributed by atoms with van der Waals surface area (Å²) < 4.78 is 0.556. The second-order valence-corrected chi connectivity index (χ2v) is 4.52. The molecule has 0 aromatic heterocycles. The van der Waals surface area contributed by atoms with E-state index in [1.807, 2.05) is 21.1 Å². The van der Waals surface area contributed by atoms with E-state index in [0.29, 0.717) is 11.0 Å². The average molecular weight is 176 g/mol. The molecule has 0 aliphatic heterocycles. The molecule has 1 atom stereocenters. The van der Waals surface area contributed by atoms with Crippen LogP contribution >= 0.6 is 0 Å². The van der Waals surface area contributed by atoms with Crippen LogP contribution in [-0.4, -0.2) is 54.0 Å². The van der Waals surface area contributed by atoms with Crippen molar-refractivity contribution in [3.05, 3.63) is 0 Å². The van der Waals surface area contributed by atoms with Crippen LogP contribution in [0.15, 0.2) is 0 Å². The number of aliphatic hydroxyl groups is 1. The molecule has 0 aliphatic carbocycles. The first-order valence-corrected chi connectivity index (χ1v) is 3.87. The topological polar surface area (TPSA) is 57.5 Å². The lowest BCUT2D eigenvalue weighted by Gasteiger charge is -2.32. The molecule has 4 heteroatoms. The highest BCUT2D eigenvalue weighted by Gasteiger charge is 2.30. The Labute approximate surface area is 73.0 Å². The molecule has 0 amide bonds. The summed E-state index contributed by atoms with van der Waals surface area (Å²) in [5.41, 5.74) is -1.12. The smallest absolute Gasteiger partial charge is 0.306 e. The van der Waals surface area contributed by atoms with Crippen molar-refractivity contribution in [2.75, 3.05) is 27.7 Å². The van der Waals surface area contributed by atoms with Crippen LogP contribution < -0.4 is 0 Å². The van der Waals surface area contributed by atoms with Gasteiger partial charge in [-0.15, -0.1) is 0 Å². The van der Waals surface area contributed by atoms with E-state index in [1.54, 1.807) is 6.92 Å². The van der Waals surface area contributed by atoms with Gasteiger partial charge in [-0.05, 0) is 6.92 Å². The van der Waals surface area contributed by atoms with Crippen molar-refractivity contribution >= 4 is 5.97 Å². The highest BCUT2D eigenvalue weighted by atomic mass is 16.4. The minimum Gasteiger partial charge on any atom is -0.481 e. The number of rotatable bonds is 4. The van der Waals surface area contributed by atoms with Crippen LogP contribution in [0.25, 0.3) is 0 Å². The van der Waals surface area contributed by atoms with Crippen molar-refractivity contribution in [3.63, 3.8) is 0 Å². The van der Waals surface area contributed by atoms with Crippen LogP contribution in [0, 0.1) is 0 Å². The first kappa shape index (κ1) is 11.4. The fourth-order valence-corrected chi connectivity index (χ4v) is 1.40. The van der Waals surface area contributed by atoms with Crippen molar-refractivity contribution in [1.29, 1.82) is 0 Å². The Morgan fingerprint density at radius 3 is 2.08 bits per heavy atom. The molecular formula is C8H18NO3+. The largest absolute Gasteiger partial charge is 0.481 e. The third kappa shape index (κ3) is 6.12. The molecule has 0 bridgehead atoms. The molecule has 0 aromatic carbocycles. The maximum absolute atomic E-state index is 10.3. The van der Waals surface area contributed by atoms with Crippen molar-refractivity contribution in [2.45, 2.75) is 18.9 Å². The van der Waals surface area contributed by atoms with E-state index in [1.165, 1.54) is 0 Å². The van der Waals surface area contributed by atoms with Crippen LogP contribution in [-0.2, 0) is 4.79 Å². The normalized spacial score (nSPS) is 17.1. The van der Waals surface area contributed by atoms with E-state index in [2.05, 4.69) is 0 Å². The SMILES string of the molecule is CC(O)(CC(=O)O)C[N+](C)(C)C. The zero-order valence-corrected chi connectivity index (χ0v) is 8.16. The van der Waals surface area contributed by atoms with E-state index < -0.39 is 11.6 Å². The van der Waals surface area contributed by atoms with Crippen LogP contribution in [0.1, 0.15) is 13.3 Å². The highest BCUT2D eigenvalue weighted by molar-refractivity contribution is 5.68. The summed E-state index contributed by atoms with van der Waals surface area (Å²) in [5, 5.41) is 18.1. The zero-order chi connectivity index (χ0) is 9.99. The monoisotopic (exact) mass is 176 g/mol. The van der Waals surface area contributed by atoms with Gasteiger partial charge in [0.15, 0.2) is 0 Å². The number of hydrogen-bond acceptors (Lipinski definition) is 2. The molecule has 0 heterocycles. The van der Waals surface area contributed by atoms with Gasteiger partial charge < -0.3 is 14.7 Å². The molecule has 0 saturated heterocycles. The standard InChI is InChI=1S/C8H17NO3/c1-8(12,5-7(10)11)6-9(2,3)4/h12H,5-6H2,1-4H3/p+1. The molecule has 0 fully saturated rings. The van der Waals surface area contributed by atoms with Gasteiger partial charge >= 0.3 is 5.97 Å². The minimum absolute atomic E-state index is 0.206. The minimum atomic E-state index is -1.12. The summed E-state index contributed by atoms with van der Waals surface area (Å²) >= 11 is 0. The molecule has 72 valence electrons. The summed E-state index contributed by atoms with van der Waals surface area (Å²) in [6.45, 7) is 1.98. The third-order valence-electron chi connectivity index (χ3n) is 1.35. The lowest BCUT2D eigenvalue weighted by atomic mass is 10.0. The summed E-state index contributed by atoms with van der Waals surface area (Å²) in [7, 11) is 5.74. The highest BCUT2D eigenvalue weighted by Crippen LogP contribution is 2.12. The first-order chi connectivity index (χ1) is 5.12. The molecule has 2 N–H and O–H groups in total. The Morgan fingerprint density at radius 1 is 1.42 bits per heavy atom. The molecule has 4 nitrogen and oxygen atoms in total. The van der Waals surface area contributed by atoms with E-state index in [4.69, 9.17) is 5.11 Å². The Hall–Kier alpha value is -0.610. The van der Waals surface area contributed by atoms with Crippen LogP contribution in [0.4, 0.5) is 0 Å². The Bertz CT molecular complexity index is 170. The Morgan fingerprint density at radius 2 is 1.83 bits per heavy atom. The number of carboxylic acids is 1. The van der Waals surface area contributed by atoms with Gasteiger partial charge in [-0.3, -0.25) is 4.79 Å². The van der Waals surface area contributed by atoms with Crippen molar-refractivity contribution in [1.82, 2.24) is 0 Å². The summed E-state index contributed by atoms with van der Waals surface area (Å²) in [6.07, 6.45) is -0.206. The van der Waals surface area contributed by atoms with Gasteiger partial charge in [0.25, 0.3) is 0 Å².